The minimum Gasteiger partial charge on any atom is -0.356 e. The summed E-state index contributed by atoms with van der Waals surface area (Å²) in [6, 6.07) is 3.26. The number of halogens is 2. The van der Waals surface area contributed by atoms with Gasteiger partial charge in [0.2, 0.25) is 0 Å². The molecule has 0 aliphatic rings. The van der Waals surface area contributed by atoms with Gasteiger partial charge in [0.25, 0.3) is 0 Å². The molecule has 0 spiro atoms. The summed E-state index contributed by atoms with van der Waals surface area (Å²) >= 11 is 0. The van der Waals surface area contributed by atoms with Crippen molar-refractivity contribution in [2.24, 2.45) is 0 Å². The molecule has 102 valence electrons. The molecule has 0 unspecified atom stereocenters. The molecule has 3 nitrogen and oxygen atoms in total. The van der Waals surface area contributed by atoms with Crippen molar-refractivity contribution in [2.75, 3.05) is 0 Å². The predicted molar refractivity (Wildman–Crippen MR) is 68.4 cm³/mol. The largest absolute Gasteiger partial charge is 0.356 e. The summed E-state index contributed by atoms with van der Waals surface area (Å²) in [6.45, 7) is 6.52. The number of hydrogen-bond acceptors (Lipinski definition) is 3. The van der Waals surface area contributed by atoms with Crippen molar-refractivity contribution in [3.63, 3.8) is 0 Å². The molecular weight excluding hydrogens is 250 g/mol. The summed E-state index contributed by atoms with van der Waals surface area (Å²) in [5.41, 5.74) is 0.692. The second kappa shape index (κ2) is 5.09. The van der Waals surface area contributed by atoms with Crippen LogP contribution in [0.25, 0.3) is 11.3 Å². The van der Waals surface area contributed by atoms with Crippen LogP contribution in [0.2, 0.25) is 0 Å². The van der Waals surface area contributed by atoms with E-state index in [0.29, 0.717) is 12.1 Å². The zero-order valence-corrected chi connectivity index (χ0v) is 11.1. The molecular formula is C14H16F2N2O. The van der Waals surface area contributed by atoms with E-state index in [2.05, 4.69) is 10.5 Å². The van der Waals surface area contributed by atoms with Gasteiger partial charge in [-0.3, -0.25) is 0 Å². The van der Waals surface area contributed by atoms with Crippen LogP contribution in [0.3, 0.4) is 0 Å². The Labute approximate surface area is 110 Å². The van der Waals surface area contributed by atoms with Crippen LogP contribution < -0.4 is 5.32 Å². The topological polar surface area (TPSA) is 38.1 Å². The highest BCUT2D eigenvalue weighted by atomic mass is 19.1. The molecule has 0 radical (unpaired) electrons. The minimum atomic E-state index is -0.532. The first-order valence-corrected chi connectivity index (χ1v) is 6.01. The fourth-order valence-electron chi connectivity index (χ4n) is 1.64. The Morgan fingerprint density at radius 1 is 1.26 bits per heavy atom. The molecule has 0 aliphatic heterocycles. The van der Waals surface area contributed by atoms with Crippen LogP contribution >= 0.6 is 0 Å². The first-order valence-electron chi connectivity index (χ1n) is 6.01. The molecule has 1 N–H and O–H groups in total. The zero-order valence-electron chi connectivity index (χ0n) is 11.1. The van der Waals surface area contributed by atoms with Crippen molar-refractivity contribution < 1.29 is 13.3 Å². The van der Waals surface area contributed by atoms with Crippen LogP contribution in [0.4, 0.5) is 8.78 Å². The smallest absolute Gasteiger partial charge is 0.174 e. The molecule has 0 amide bonds. The number of rotatable bonds is 3. The normalized spacial score (nSPS) is 11.8. The highest BCUT2D eigenvalue weighted by molar-refractivity contribution is 5.61. The van der Waals surface area contributed by atoms with Gasteiger partial charge in [0.1, 0.15) is 11.6 Å². The SMILES string of the molecule is CC(C)(C)NCc1cnoc1-c1cc(F)ccc1F. The maximum Gasteiger partial charge on any atom is 0.174 e. The second-order valence-corrected chi connectivity index (χ2v) is 5.41. The van der Waals surface area contributed by atoms with E-state index in [1.54, 1.807) is 0 Å². The standard InChI is InChI=1S/C14H16F2N2O/c1-14(2,3)17-7-9-8-18-19-13(9)11-6-10(15)4-5-12(11)16/h4-6,8,17H,7H2,1-3H3. The summed E-state index contributed by atoms with van der Waals surface area (Å²) in [5, 5.41) is 6.92. The fraction of sp³-hybridized carbons (Fsp3) is 0.357. The van der Waals surface area contributed by atoms with Gasteiger partial charge in [0.05, 0.1) is 11.8 Å². The van der Waals surface area contributed by atoms with Gasteiger partial charge in [-0.2, -0.15) is 0 Å². The van der Waals surface area contributed by atoms with E-state index in [1.165, 1.54) is 6.20 Å². The van der Waals surface area contributed by atoms with Crippen molar-refractivity contribution in [2.45, 2.75) is 32.9 Å². The van der Waals surface area contributed by atoms with Crippen molar-refractivity contribution in [1.82, 2.24) is 10.5 Å². The lowest BCUT2D eigenvalue weighted by Gasteiger charge is -2.20. The molecule has 2 rings (SSSR count). The van der Waals surface area contributed by atoms with Crippen molar-refractivity contribution in [1.29, 1.82) is 0 Å². The summed E-state index contributed by atoms with van der Waals surface area (Å²) in [7, 11) is 0. The molecule has 0 saturated carbocycles. The number of hydrogen-bond donors (Lipinski definition) is 1. The Hall–Kier alpha value is -1.75. The molecule has 2 aromatic rings. The first kappa shape index (κ1) is 13.7. The Balaban J connectivity index is 2.31. The average molecular weight is 266 g/mol. The molecule has 0 atom stereocenters. The zero-order chi connectivity index (χ0) is 14.0. The van der Waals surface area contributed by atoms with E-state index in [0.717, 1.165) is 18.2 Å². The molecule has 0 aliphatic carbocycles. The molecule has 1 heterocycles. The summed E-state index contributed by atoms with van der Waals surface area (Å²) in [4.78, 5) is 0. The van der Waals surface area contributed by atoms with E-state index >= 15 is 0 Å². The van der Waals surface area contributed by atoms with Crippen LogP contribution in [-0.4, -0.2) is 10.7 Å². The van der Waals surface area contributed by atoms with E-state index in [9.17, 15) is 8.78 Å². The third-order valence-corrected chi connectivity index (χ3v) is 2.63. The van der Waals surface area contributed by atoms with Gasteiger partial charge < -0.3 is 9.84 Å². The van der Waals surface area contributed by atoms with Gasteiger partial charge in [-0.1, -0.05) is 5.16 Å². The van der Waals surface area contributed by atoms with Gasteiger partial charge in [0, 0.05) is 17.6 Å². The van der Waals surface area contributed by atoms with Gasteiger partial charge in [-0.25, -0.2) is 8.78 Å². The lowest BCUT2D eigenvalue weighted by Crippen LogP contribution is -2.35. The van der Waals surface area contributed by atoms with Crippen LogP contribution in [0, 0.1) is 11.6 Å². The Morgan fingerprint density at radius 2 is 2.00 bits per heavy atom. The minimum absolute atomic E-state index is 0.0863. The third-order valence-electron chi connectivity index (χ3n) is 2.63. The Morgan fingerprint density at radius 3 is 2.68 bits per heavy atom. The van der Waals surface area contributed by atoms with E-state index in [4.69, 9.17) is 4.52 Å². The monoisotopic (exact) mass is 266 g/mol. The second-order valence-electron chi connectivity index (χ2n) is 5.41. The van der Waals surface area contributed by atoms with Crippen molar-refractivity contribution in [3.05, 3.63) is 41.6 Å². The summed E-state index contributed by atoms with van der Waals surface area (Å²) in [5.74, 6) is -0.786. The number of nitrogens with one attached hydrogen (secondary N) is 1. The summed E-state index contributed by atoms with van der Waals surface area (Å²) < 4.78 is 32.0. The molecule has 1 aromatic heterocycles. The Bertz CT molecular complexity index is 573. The van der Waals surface area contributed by atoms with Crippen molar-refractivity contribution >= 4 is 0 Å². The van der Waals surface area contributed by atoms with E-state index in [1.807, 2.05) is 20.8 Å². The number of aromatic nitrogens is 1. The highest BCUT2D eigenvalue weighted by Crippen LogP contribution is 2.27. The van der Waals surface area contributed by atoms with Crippen LogP contribution in [-0.2, 0) is 6.54 Å². The van der Waals surface area contributed by atoms with Gasteiger partial charge in [-0.05, 0) is 39.0 Å². The predicted octanol–water partition coefficient (Wildman–Crippen LogP) is 3.51. The number of nitrogens with zero attached hydrogens (tertiary/aromatic N) is 1. The highest BCUT2D eigenvalue weighted by Gasteiger charge is 2.17. The average Bonchev–Trinajstić information content (AvgIpc) is 2.77. The van der Waals surface area contributed by atoms with Gasteiger partial charge in [-0.15, -0.1) is 0 Å². The van der Waals surface area contributed by atoms with E-state index < -0.39 is 11.6 Å². The van der Waals surface area contributed by atoms with Crippen LogP contribution in [0.5, 0.6) is 0 Å². The number of benzene rings is 1. The molecule has 19 heavy (non-hydrogen) atoms. The first-order chi connectivity index (χ1) is 8.87. The Kier molecular flexibility index (Phi) is 3.66. The summed E-state index contributed by atoms with van der Waals surface area (Å²) in [6.07, 6.45) is 1.51. The lowest BCUT2D eigenvalue weighted by atomic mass is 10.1. The molecule has 1 aromatic carbocycles. The molecule has 0 bridgehead atoms. The quantitative estimate of drug-likeness (QED) is 0.923. The van der Waals surface area contributed by atoms with Gasteiger partial charge in [0.15, 0.2) is 5.76 Å². The third kappa shape index (κ3) is 3.38. The van der Waals surface area contributed by atoms with E-state index in [-0.39, 0.29) is 16.9 Å². The van der Waals surface area contributed by atoms with Crippen molar-refractivity contribution in [3.8, 4) is 11.3 Å². The maximum absolute atomic E-state index is 13.7. The molecule has 0 saturated heterocycles. The van der Waals surface area contributed by atoms with Crippen LogP contribution in [0.1, 0.15) is 26.3 Å². The fourth-order valence-corrected chi connectivity index (χ4v) is 1.64. The molecule has 0 fully saturated rings. The van der Waals surface area contributed by atoms with Crippen LogP contribution in [0.15, 0.2) is 28.9 Å². The maximum atomic E-state index is 13.7. The molecule has 5 heteroatoms. The van der Waals surface area contributed by atoms with Gasteiger partial charge >= 0.3 is 0 Å². The lowest BCUT2D eigenvalue weighted by molar-refractivity contribution is 0.417.